The number of nitrogens with zero attached hydrogens (tertiary/aromatic N) is 4. The molecule has 0 saturated heterocycles. The molecule has 16 heavy (non-hydrogen) atoms. The van der Waals surface area contributed by atoms with Crippen LogP contribution in [0.4, 0.5) is 5.82 Å². The zero-order chi connectivity index (χ0) is 11.7. The molecule has 6 heteroatoms. The molecule has 2 aromatic rings. The molecule has 0 saturated carbocycles. The maximum Gasteiger partial charge on any atom is 0.145 e. The van der Waals surface area contributed by atoms with Crippen molar-refractivity contribution in [3.05, 3.63) is 28.1 Å². The number of halogens is 1. The van der Waals surface area contributed by atoms with E-state index in [1.165, 1.54) is 0 Å². The van der Waals surface area contributed by atoms with Gasteiger partial charge in [0.1, 0.15) is 5.82 Å². The lowest BCUT2D eigenvalue weighted by molar-refractivity contribution is 0.491. The summed E-state index contributed by atoms with van der Waals surface area (Å²) in [4.78, 5) is 0. The van der Waals surface area contributed by atoms with Crippen molar-refractivity contribution in [2.75, 3.05) is 5.73 Å². The van der Waals surface area contributed by atoms with E-state index in [0.29, 0.717) is 5.82 Å². The topological polar surface area (TPSA) is 61.7 Å². The van der Waals surface area contributed by atoms with Crippen molar-refractivity contribution in [2.24, 2.45) is 0 Å². The summed E-state index contributed by atoms with van der Waals surface area (Å²) in [6.45, 7) is 5.59. The van der Waals surface area contributed by atoms with Crippen LogP contribution in [0.5, 0.6) is 0 Å². The van der Waals surface area contributed by atoms with Crippen molar-refractivity contribution >= 4 is 21.7 Å². The van der Waals surface area contributed by atoms with Crippen molar-refractivity contribution in [1.29, 1.82) is 0 Å². The van der Waals surface area contributed by atoms with Crippen LogP contribution >= 0.6 is 15.9 Å². The first kappa shape index (κ1) is 11.2. The fourth-order valence-corrected chi connectivity index (χ4v) is 1.88. The molecule has 2 rings (SSSR count). The lowest BCUT2D eigenvalue weighted by atomic mass is 10.4. The van der Waals surface area contributed by atoms with Crippen molar-refractivity contribution in [3.8, 4) is 0 Å². The Labute approximate surface area is 102 Å². The molecule has 5 nitrogen and oxygen atoms in total. The third-order valence-electron chi connectivity index (χ3n) is 2.50. The summed E-state index contributed by atoms with van der Waals surface area (Å²) in [5, 5.41) is 8.56. The van der Waals surface area contributed by atoms with Crippen molar-refractivity contribution in [3.63, 3.8) is 0 Å². The van der Waals surface area contributed by atoms with Gasteiger partial charge in [-0.25, -0.2) is 0 Å². The van der Waals surface area contributed by atoms with Crippen molar-refractivity contribution in [2.45, 2.75) is 26.9 Å². The molecule has 0 aliphatic heterocycles. The van der Waals surface area contributed by atoms with Crippen LogP contribution in [0.3, 0.4) is 0 Å². The molecular weight excluding hydrogens is 270 g/mol. The highest BCUT2D eigenvalue weighted by molar-refractivity contribution is 9.10. The average molecular weight is 284 g/mol. The number of nitrogen functional groups attached to an aromatic ring is 1. The van der Waals surface area contributed by atoms with Crippen LogP contribution in [-0.2, 0) is 13.1 Å². The Morgan fingerprint density at radius 1 is 1.31 bits per heavy atom. The highest BCUT2D eigenvalue weighted by atomic mass is 79.9. The zero-order valence-corrected chi connectivity index (χ0v) is 10.9. The molecular formula is C10H14BrN5. The van der Waals surface area contributed by atoms with Gasteiger partial charge in [-0.1, -0.05) is 0 Å². The third kappa shape index (κ3) is 2.11. The van der Waals surface area contributed by atoms with Gasteiger partial charge in [0.05, 0.1) is 23.3 Å². The van der Waals surface area contributed by atoms with E-state index in [4.69, 9.17) is 5.73 Å². The molecule has 86 valence electrons. The van der Waals surface area contributed by atoms with Crippen LogP contribution < -0.4 is 5.73 Å². The lowest BCUT2D eigenvalue weighted by Crippen LogP contribution is -2.10. The fourth-order valence-electron chi connectivity index (χ4n) is 1.59. The summed E-state index contributed by atoms with van der Waals surface area (Å²) in [6.07, 6.45) is 1.87. The summed E-state index contributed by atoms with van der Waals surface area (Å²) in [5.41, 5.74) is 7.69. The van der Waals surface area contributed by atoms with Crippen LogP contribution in [0.2, 0.25) is 0 Å². The maximum absolute atomic E-state index is 5.54. The van der Waals surface area contributed by atoms with Crippen LogP contribution in [0.25, 0.3) is 0 Å². The van der Waals surface area contributed by atoms with E-state index in [-0.39, 0.29) is 0 Å². The van der Waals surface area contributed by atoms with Gasteiger partial charge in [-0.3, -0.25) is 9.36 Å². The maximum atomic E-state index is 5.54. The molecule has 2 N–H and O–H groups in total. The van der Waals surface area contributed by atoms with Gasteiger partial charge >= 0.3 is 0 Å². The molecule has 0 radical (unpaired) electrons. The molecule has 0 fully saturated rings. The minimum atomic E-state index is 0.551. The van der Waals surface area contributed by atoms with E-state index < -0.39 is 0 Å². The Balaban J connectivity index is 2.07. The van der Waals surface area contributed by atoms with Gasteiger partial charge in [0, 0.05) is 11.9 Å². The number of nitrogens with two attached hydrogens (primary N) is 1. The Morgan fingerprint density at radius 2 is 2.06 bits per heavy atom. The molecule has 0 unspecified atom stereocenters. The summed E-state index contributed by atoms with van der Waals surface area (Å²) < 4.78 is 4.87. The number of hydrogen-bond acceptors (Lipinski definition) is 3. The highest BCUT2D eigenvalue weighted by Gasteiger charge is 2.08. The molecule has 2 heterocycles. The molecule has 0 aliphatic rings. The Hall–Kier alpha value is -1.30. The SMILES string of the molecule is Cc1nn(CCn2ccc(N)n2)c(C)c1Br. The van der Waals surface area contributed by atoms with Gasteiger partial charge in [0.15, 0.2) is 0 Å². The summed E-state index contributed by atoms with van der Waals surface area (Å²) in [7, 11) is 0. The molecule has 2 aromatic heterocycles. The number of aryl methyl sites for hydroxylation is 3. The predicted molar refractivity (Wildman–Crippen MR) is 66.0 cm³/mol. The molecule has 0 spiro atoms. The normalized spacial score (nSPS) is 10.9. The zero-order valence-electron chi connectivity index (χ0n) is 9.31. The Bertz CT molecular complexity index is 499. The van der Waals surface area contributed by atoms with Crippen LogP contribution in [0.15, 0.2) is 16.7 Å². The second kappa shape index (κ2) is 4.29. The summed E-state index contributed by atoms with van der Waals surface area (Å²) in [6, 6.07) is 1.79. The highest BCUT2D eigenvalue weighted by Crippen LogP contribution is 2.19. The van der Waals surface area contributed by atoms with E-state index in [2.05, 4.69) is 26.1 Å². The van der Waals surface area contributed by atoms with Gasteiger partial charge in [0.25, 0.3) is 0 Å². The van der Waals surface area contributed by atoms with Crippen LogP contribution in [0, 0.1) is 13.8 Å². The number of hydrogen-bond donors (Lipinski definition) is 1. The standard InChI is InChI=1S/C10H14BrN5/c1-7-10(11)8(2)16(13-7)6-5-15-4-3-9(12)14-15/h3-4H,5-6H2,1-2H3,(H2,12,14). The monoisotopic (exact) mass is 283 g/mol. The molecule has 0 amide bonds. The fraction of sp³-hybridized carbons (Fsp3) is 0.400. The largest absolute Gasteiger partial charge is 0.382 e. The molecule has 0 atom stereocenters. The first-order valence-corrected chi connectivity index (χ1v) is 5.85. The van der Waals surface area contributed by atoms with E-state index in [9.17, 15) is 0 Å². The predicted octanol–water partition coefficient (Wildman–Crippen LogP) is 1.74. The quantitative estimate of drug-likeness (QED) is 0.933. The van der Waals surface area contributed by atoms with E-state index in [0.717, 1.165) is 29.0 Å². The van der Waals surface area contributed by atoms with E-state index >= 15 is 0 Å². The number of anilines is 1. The Kier molecular flexibility index (Phi) is 3.00. The second-order valence-electron chi connectivity index (χ2n) is 3.71. The van der Waals surface area contributed by atoms with Crippen molar-refractivity contribution < 1.29 is 0 Å². The smallest absolute Gasteiger partial charge is 0.145 e. The van der Waals surface area contributed by atoms with E-state index in [1.54, 1.807) is 6.07 Å². The van der Waals surface area contributed by atoms with Gasteiger partial charge in [-0.2, -0.15) is 10.2 Å². The minimum absolute atomic E-state index is 0.551. The first-order chi connectivity index (χ1) is 7.58. The second-order valence-corrected chi connectivity index (χ2v) is 4.50. The summed E-state index contributed by atoms with van der Waals surface area (Å²) in [5.74, 6) is 0.551. The molecule has 0 aromatic carbocycles. The number of rotatable bonds is 3. The molecule has 0 bridgehead atoms. The van der Waals surface area contributed by atoms with Gasteiger partial charge in [-0.05, 0) is 35.8 Å². The average Bonchev–Trinajstić information content (AvgIpc) is 2.76. The lowest BCUT2D eigenvalue weighted by Gasteiger charge is -2.04. The van der Waals surface area contributed by atoms with E-state index in [1.807, 2.05) is 29.4 Å². The van der Waals surface area contributed by atoms with Gasteiger partial charge in [-0.15, -0.1) is 0 Å². The van der Waals surface area contributed by atoms with Crippen LogP contribution in [0.1, 0.15) is 11.4 Å². The van der Waals surface area contributed by atoms with Crippen LogP contribution in [-0.4, -0.2) is 19.6 Å². The summed E-state index contributed by atoms with van der Waals surface area (Å²) >= 11 is 3.50. The van der Waals surface area contributed by atoms with Gasteiger partial charge < -0.3 is 5.73 Å². The first-order valence-electron chi connectivity index (χ1n) is 5.06. The van der Waals surface area contributed by atoms with Gasteiger partial charge in [0.2, 0.25) is 0 Å². The number of aromatic nitrogens is 4. The van der Waals surface area contributed by atoms with Crippen molar-refractivity contribution in [1.82, 2.24) is 19.6 Å². The Morgan fingerprint density at radius 3 is 2.56 bits per heavy atom. The third-order valence-corrected chi connectivity index (χ3v) is 3.64. The minimum Gasteiger partial charge on any atom is -0.382 e. The molecule has 0 aliphatic carbocycles.